The molecule has 0 unspecified atom stereocenters. The number of carbonyl (C=O) groups is 1. The van der Waals surface area contributed by atoms with Crippen LogP contribution in [0, 0.1) is 11.8 Å². The van der Waals surface area contributed by atoms with Crippen molar-refractivity contribution in [2.24, 2.45) is 11.8 Å². The average molecular weight is 317 g/mol. The van der Waals surface area contributed by atoms with Gasteiger partial charge in [0, 0.05) is 32.2 Å². The number of fused-ring (bicyclic) bond motifs is 1. The largest absolute Gasteiger partial charge is 0.401 e. The first kappa shape index (κ1) is 15.6. The van der Waals surface area contributed by atoms with Gasteiger partial charge in [-0.15, -0.1) is 0 Å². The minimum atomic E-state index is -4.17. The van der Waals surface area contributed by atoms with Crippen molar-refractivity contribution in [3.8, 4) is 0 Å². The number of rotatable bonds is 2. The van der Waals surface area contributed by atoms with Gasteiger partial charge in [-0.3, -0.25) is 4.90 Å². The Morgan fingerprint density at radius 1 is 1.14 bits per heavy atom. The molecule has 0 radical (unpaired) electrons. The summed E-state index contributed by atoms with van der Waals surface area (Å²) in [5, 5.41) is 2.90. The van der Waals surface area contributed by atoms with Crippen LogP contribution in [0.4, 0.5) is 18.0 Å². The zero-order chi connectivity index (χ0) is 15.7. The van der Waals surface area contributed by atoms with Gasteiger partial charge in [0.05, 0.1) is 6.54 Å². The fourth-order valence-electron chi connectivity index (χ4n) is 3.79. The van der Waals surface area contributed by atoms with Gasteiger partial charge < -0.3 is 10.2 Å². The molecule has 0 aromatic rings. The fourth-order valence-corrected chi connectivity index (χ4v) is 3.79. The minimum Gasteiger partial charge on any atom is -0.334 e. The smallest absolute Gasteiger partial charge is 0.334 e. The number of hydrogen-bond acceptors (Lipinski definition) is 2. The Labute approximate surface area is 128 Å². The fraction of sp³-hybridized carbons (Fsp3) is 0.800. The van der Waals surface area contributed by atoms with Crippen molar-refractivity contribution in [1.82, 2.24) is 15.1 Å². The van der Waals surface area contributed by atoms with Crippen LogP contribution in [0.25, 0.3) is 0 Å². The van der Waals surface area contributed by atoms with E-state index in [4.69, 9.17) is 0 Å². The van der Waals surface area contributed by atoms with Gasteiger partial charge in [-0.05, 0) is 31.1 Å². The molecule has 22 heavy (non-hydrogen) atoms. The molecule has 1 N–H and O–H groups in total. The van der Waals surface area contributed by atoms with Crippen LogP contribution in [-0.4, -0.2) is 60.8 Å². The van der Waals surface area contributed by atoms with Crippen LogP contribution in [0.5, 0.6) is 0 Å². The van der Waals surface area contributed by atoms with Crippen LogP contribution in [0.3, 0.4) is 0 Å². The summed E-state index contributed by atoms with van der Waals surface area (Å²) in [7, 11) is 0. The molecule has 0 bridgehead atoms. The molecule has 2 heterocycles. The van der Waals surface area contributed by atoms with Crippen molar-refractivity contribution in [1.29, 1.82) is 0 Å². The van der Waals surface area contributed by atoms with Crippen LogP contribution < -0.4 is 5.32 Å². The summed E-state index contributed by atoms with van der Waals surface area (Å²) in [6, 6.07) is -0.288. The van der Waals surface area contributed by atoms with Crippen LogP contribution in [0.1, 0.15) is 19.3 Å². The summed E-state index contributed by atoms with van der Waals surface area (Å²) < 4.78 is 37.1. The number of alkyl halides is 3. The van der Waals surface area contributed by atoms with Crippen LogP contribution in [-0.2, 0) is 0 Å². The van der Waals surface area contributed by atoms with Crippen molar-refractivity contribution >= 4 is 6.03 Å². The summed E-state index contributed by atoms with van der Waals surface area (Å²) in [5.74, 6) is 1.09. The van der Waals surface area contributed by atoms with Crippen molar-refractivity contribution < 1.29 is 18.0 Å². The molecule has 2 fully saturated rings. The Morgan fingerprint density at radius 3 is 2.36 bits per heavy atom. The number of nitrogens with one attached hydrogen (secondary N) is 1. The SMILES string of the molecule is O=C(N[C@@H]1CCN(CC(F)(F)F)C1)N1C[C@H]2CC=CC[C@H]2C1. The van der Waals surface area contributed by atoms with E-state index < -0.39 is 12.7 Å². The van der Waals surface area contributed by atoms with E-state index in [0.717, 1.165) is 25.9 Å². The molecule has 0 saturated carbocycles. The number of allylic oxidation sites excluding steroid dienone is 2. The van der Waals surface area contributed by atoms with E-state index in [2.05, 4.69) is 17.5 Å². The topological polar surface area (TPSA) is 35.6 Å². The van der Waals surface area contributed by atoms with E-state index in [1.165, 1.54) is 4.90 Å². The Hall–Kier alpha value is -1.24. The lowest BCUT2D eigenvalue weighted by molar-refractivity contribution is -0.143. The number of halogens is 3. The van der Waals surface area contributed by atoms with Gasteiger partial charge in [0.25, 0.3) is 0 Å². The maximum absolute atomic E-state index is 12.4. The Morgan fingerprint density at radius 2 is 1.77 bits per heavy atom. The first-order valence-electron chi connectivity index (χ1n) is 7.90. The summed E-state index contributed by atoms with van der Waals surface area (Å²) in [6.45, 7) is 1.31. The van der Waals surface area contributed by atoms with Gasteiger partial charge in [0.15, 0.2) is 0 Å². The first-order chi connectivity index (χ1) is 10.4. The predicted molar refractivity (Wildman–Crippen MR) is 76.4 cm³/mol. The number of likely N-dealkylation sites (tertiary alicyclic amines) is 2. The molecule has 3 atom stereocenters. The number of hydrogen-bond donors (Lipinski definition) is 1. The molecule has 2 saturated heterocycles. The van der Waals surface area contributed by atoms with E-state index in [0.29, 0.717) is 24.8 Å². The molecule has 1 aliphatic carbocycles. The van der Waals surface area contributed by atoms with Gasteiger partial charge in [-0.1, -0.05) is 12.2 Å². The van der Waals surface area contributed by atoms with Gasteiger partial charge >= 0.3 is 12.2 Å². The Balaban J connectivity index is 1.45. The highest BCUT2D eigenvalue weighted by Gasteiger charge is 2.37. The number of carbonyl (C=O) groups excluding carboxylic acids is 1. The van der Waals surface area contributed by atoms with Crippen molar-refractivity contribution in [2.75, 3.05) is 32.7 Å². The molecule has 4 nitrogen and oxygen atoms in total. The van der Waals surface area contributed by atoms with E-state index in [-0.39, 0.29) is 18.6 Å². The summed E-state index contributed by atoms with van der Waals surface area (Å²) >= 11 is 0. The number of amides is 2. The third-order valence-electron chi connectivity index (χ3n) is 4.91. The quantitative estimate of drug-likeness (QED) is 0.793. The van der Waals surface area contributed by atoms with Gasteiger partial charge in [-0.2, -0.15) is 13.2 Å². The standard InChI is InChI=1S/C15H22F3N3O/c16-15(17,18)10-20-6-5-13(9-20)19-14(22)21-7-11-3-1-2-4-12(11)8-21/h1-2,11-13H,3-10H2,(H,19,22)/t11-,12+,13-/m1/s1. The maximum atomic E-state index is 12.4. The van der Waals surface area contributed by atoms with Crippen LogP contribution in [0.2, 0.25) is 0 Å². The second-order valence-electron chi connectivity index (χ2n) is 6.65. The summed E-state index contributed by atoms with van der Waals surface area (Å²) in [6.07, 6.45) is 2.82. The molecule has 0 aromatic carbocycles. The lowest BCUT2D eigenvalue weighted by Crippen LogP contribution is -2.45. The van der Waals surface area contributed by atoms with E-state index in [9.17, 15) is 18.0 Å². The van der Waals surface area contributed by atoms with E-state index in [1.807, 2.05) is 4.90 Å². The third-order valence-corrected chi connectivity index (χ3v) is 4.91. The molecule has 3 aliphatic rings. The van der Waals surface area contributed by atoms with Gasteiger partial charge in [0.1, 0.15) is 0 Å². The number of urea groups is 1. The summed E-state index contributed by atoms with van der Waals surface area (Å²) in [5.41, 5.74) is 0. The third kappa shape index (κ3) is 3.74. The minimum absolute atomic E-state index is 0.117. The van der Waals surface area contributed by atoms with Crippen molar-refractivity contribution in [3.63, 3.8) is 0 Å². The highest BCUT2D eigenvalue weighted by Crippen LogP contribution is 2.32. The normalized spacial score (nSPS) is 32.3. The molecule has 2 aliphatic heterocycles. The molecule has 2 amide bonds. The molecule has 0 aromatic heterocycles. The molecular formula is C15H22F3N3O. The number of nitrogens with zero attached hydrogens (tertiary/aromatic N) is 2. The molecular weight excluding hydrogens is 295 g/mol. The maximum Gasteiger partial charge on any atom is 0.401 e. The molecule has 3 rings (SSSR count). The van der Waals surface area contributed by atoms with E-state index >= 15 is 0 Å². The summed E-state index contributed by atoms with van der Waals surface area (Å²) in [4.78, 5) is 15.5. The van der Waals surface area contributed by atoms with Gasteiger partial charge in [0.2, 0.25) is 0 Å². The lowest BCUT2D eigenvalue weighted by atomic mass is 9.86. The zero-order valence-electron chi connectivity index (χ0n) is 12.5. The highest BCUT2D eigenvalue weighted by atomic mass is 19.4. The van der Waals surface area contributed by atoms with Crippen LogP contribution in [0.15, 0.2) is 12.2 Å². The monoisotopic (exact) mass is 317 g/mol. The molecule has 124 valence electrons. The van der Waals surface area contributed by atoms with Gasteiger partial charge in [-0.25, -0.2) is 4.79 Å². The zero-order valence-corrected chi connectivity index (χ0v) is 12.5. The molecule has 7 heteroatoms. The Kier molecular flexibility index (Phi) is 4.34. The second-order valence-corrected chi connectivity index (χ2v) is 6.65. The average Bonchev–Trinajstić information content (AvgIpc) is 3.03. The first-order valence-corrected chi connectivity index (χ1v) is 7.90. The predicted octanol–water partition coefficient (Wildman–Crippen LogP) is 2.23. The van der Waals surface area contributed by atoms with Crippen LogP contribution >= 0.6 is 0 Å². The van der Waals surface area contributed by atoms with Crippen molar-refractivity contribution in [3.05, 3.63) is 12.2 Å². The highest BCUT2D eigenvalue weighted by molar-refractivity contribution is 5.75. The molecule has 0 spiro atoms. The Bertz CT molecular complexity index is 436. The second kappa shape index (κ2) is 6.10. The lowest BCUT2D eigenvalue weighted by Gasteiger charge is -2.21. The van der Waals surface area contributed by atoms with Crippen molar-refractivity contribution in [2.45, 2.75) is 31.5 Å². The van der Waals surface area contributed by atoms with E-state index in [1.54, 1.807) is 0 Å².